The Hall–Kier alpha value is -3.83. The maximum absolute atomic E-state index is 13.2. The maximum atomic E-state index is 13.2. The van der Waals surface area contributed by atoms with E-state index in [2.05, 4.69) is 26.3 Å². The van der Waals surface area contributed by atoms with Gasteiger partial charge in [-0.25, -0.2) is 0 Å². The molecule has 0 radical (unpaired) electrons. The van der Waals surface area contributed by atoms with Gasteiger partial charge in [-0.1, -0.05) is 71.4 Å². The number of carbonyl (C=O) groups is 4. The third-order valence-electron chi connectivity index (χ3n) is 7.80. The molecule has 0 saturated heterocycles. The van der Waals surface area contributed by atoms with Gasteiger partial charge in [-0.15, -0.1) is 0 Å². The molecular formula is C33H49N5O6. The zero-order valence-electron chi connectivity index (χ0n) is 26.6. The largest absolute Gasteiger partial charge is 0.391 e. The molecule has 0 aliphatic carbocycles. The third-order valence-corrected chi connectivity index (χ3v) is 7.80. The normalized spacial score (nSPS) is 16.0. The summed E-state index contributed by atoms with van der Waals surface area (Å²) in [6, 6.07) is 10.4. The highest BCUT2D eigenvalue weighted by atomic mass is 16.3. The molecule has 0 aliphatic heterocycles. The summed E-state index contributed by atoms with van der Waals surface area (Å²) in [7, 11) is 0. The predicted molar refractivity (Wildman–Crippen MR) is 168 cm³/mol. The van der Waals surface area contributed by atoms with Crippen LogP contribution in [0.1, 0.15) is 65.5 Å². The molecule has 11 nitrogen and oxygen atoms in total. The Morgan fingerprint density at radius 1 is 0.773 bits per heavy atom. The van der Waals surface area contributed by atoms with Gasteiger partial charge in [0.15, 0.2) is 0 Å². The number of aliphatic hydroxyl groups is 2. The number of pyridine rings is 1. The highest BCUT2D eigenvalue weighted by molar-refractivity contribution is 5.89. The molecular weight excluding hydrogens is 562 g/mol. The molecule has 0 unspecified atom stereocenters. The van der Waals surface area contributed by atoms with E-state index >= 15 is 0 Å². The van der Waals surface area contributed by atoms with Crippen LogP contribution in [0, 0.1) is 17.8 Å². The summed E-state index contributed by atoms with van der Waals surface area (Å²) in [5.41, 5.74) is 1.74. The number of hydrogen-bond donors (Lipinski definition) is 6. The maximum Gasteiger partial charge on any atom is 0.249 e. The summed E-state index contributed by atoms with van der Waals surface area (Å²) in [6.07, 6.45) is 1.81. The van der Waals surface area contributed by atoms with Crippen molar-refractivity contribution in [2.75, 3.05) is 0 Å². The lowest BCUT2D eigenvalue weighted by molar-refractivity contribution is -0.136. The van der Waals surface area contributed by atoms with Crippen LogP contribution in [0.25, 0.3) is 0 Å². The monoisotopic (exact) mass is 611 g/mol. The smallest absolute Gasteiger partial charge is 0.249 e. The van der Waals surface area contributed by atoms with Crippen LogP contribution in [0.2, 0.25) is 0 Å². The fourth-order valence-corrected chi connectivity index (χ4v) is 4.57. The lowest BCUT2D eigenvalue weighted by Gasteiger charge is -2.29. The zero-order chi connectivity index (χ0) is 32.8. The highest BCUT2D eigenvalue weighted by Gasteiger charge is 2.31. The average molecular weight is 612 g/mol. The molecule has 1 aromatic heterocycles. The van der Waals surface area contributed by atoms with E-state index in [1.54, 1.807) is 38.4 Å². The van der Waals surface area contributed by atoms with E-state index in [1.807, 2.05) is 51.1 Å². The van der Waals surface area contributed by atoms with Crippen LogP contribution in [0.15, 0.2) is 54.9 Å². The SMILES string of the molecule is CC[C@H](C)[C@H](O)C(=O)N[C@@H](C)C(=O)N[C@@H](Cc1ccccc1)[C@@H](O)C[C@@H](C)C(=O)N[C@H](C(=O)NCc1ccncc1)C(C)C. The quantitative estimate of drug-likeness (QED) is 0.159. The first kappa shape index (κ1) is 36.4. The summed E-state index contributed by atoms with van der Waals surface area (Å²) >= 11 is 0. The molecule has 1 aromatic carbocycles. The van der Waals surface area contributed by atoms with E-state index in [0.29, 0.717) is 13.0 Å². The number of nitrogens with zero attached hydrogens (tertiary/aromatic N) is 1. The first-order chi connectivity index (χ1) is 20.8. The number of aromatic nitrogens is 1. The molecule has 242 valence electrons. The molecule has 44 heavy (non-hydrogen) atoms. The van der Waals surface area contributed by atoms with Gasteiger partial charge in [-0.05, 0) is 54.9 Å². The Morgan fingerprint density at radius 3 is 2.00 bits per heavy atom. The molecule has 0 fully saturated rings. The third kappa shape index (κ3) is 11.7. The van der Waals surface area contributed by atoms with E-state index in [1.165, 1.54) is 6.92 Å². The predicted octanol–water partition coefficient (Wildman–Crippen LogP) is 1.86. The van der Waals surface area contributed by atoms with E-state index in [9.17, 15) is 29.4 Å². The van der Waals surface area contributed by atoms with E-state index in [0.717, 1.165) is 11.1 Å². The van der Waals surface area contributed by atoms with Crippen molar-refractivity contribution in [3.63, 3.8) is 0 Å². The standard InChI is InChI=1S/C33H49N5O6/c1-7-21(4)29(40)33(44)36-23(6)31(42)37-26(18-24-11-9-8-10-12-24)27(39)17-22(5)30(41)38-28(20(2)3)32(43)35-19-25-13-15-34-16-14-25/h8-16,20-23,26-29,39-40H,7,17-19H2,1-6H3,(H,35,43)(H,36,44)(H,37,42)(H,38,41)/t21-,22+,23-,26-,27-,28-,29-/m0/s1. The van der Waals surface area contributed by atoms with Gasteiger partial charge in [0.25, 0.3) is 0 Å². The molecule has 0 spiro atoms. The Balaban J connectivity index is 2.06. The number of benzene rings is 1. The minimum absolute atomic E-state index is 0.0144. The van der Waals surface area contributed by atoms with E-state index in [4.69, 9.17) is 0 Å². The van der Waals surface area contributed by atoms with Crippen LogP contribution in [-0.4, -0.2) is 69.2 Å². The molecule has 2 rings (SSSR count). The van der Waals surface area contributed by atoms with E-state index < -0.39 is 54.0 Å². The van der Waals surface area contributed by atoms with Crippen molar-refractivity contribution in [3.05, 3.63) is 66.0 Å². The fraction of sp³-hybridized carbons (Fsp3) is 0.545. The second-order valence-electron chi connectivity index (χ2n) is 11.9. The Kier molecular flexibility index (Phi) is 14.9. The van der Waals surface area contributed by atoms with Gasteiger partial charge in [0.2, 0.25) is 23.6 Å². The summed E-state index contributed by atoms with van der Waals surface area (Å²) < 4.78 is 0. The number of amides is 4. The number of rotatable bonds is 17. The van der Waals surface area contributed by atoms with Gasteiger partial charge >= 0.3 is 0 Å². The summed E-state index contributed by atoms with van der Waals surface area (Å²) in [4.78, 5) is 55.6. The first-order valence-corrected chi connectivity index (χ1v) is 15.3. The van der Waals surface area contributed by atoms with Crippen molar-refractivity contribution in [1.29, 1.82) is 0 Å². The van der Waals surface area contributed by atoms with Crippen molar-refractivity contribution >= 4 is 23.6 Å². The van der Waals surface area contributed by atoms with Crippen molar-refractivity contribution in [1.82, 2.24) is 26.3 Å². The molecule has 4 amide bonds. The topological polar surface area (TPSA) is 170 Å². The lowest BCUT2D eigenvalue weighted by atomic mass is 9.92. The number of aliphatic hydroxyl groups excluding tert-OH is 2. The number of carbonyl (C=O) groups excluding carboxylic acids is 4. The van der Waals surface area contributed by atoms with Gasteiger partial charge in [-0.3, -0.25) is 24.2 Å². The minimum atomic E-state index is -1.24. The highest BCUT2D eigenvalue weighted by Crippen LogP contribution is 2.16. The van der Waals surface area contributed by atoms with Crippen molar-refractivity contribution in [2.24, 2.45) is 17.8 Å². The van der Waals surface area contributed by atoms with E-state index in [-0.39, 0.29) is 30.6 Å². The van der Waals surface area contributed by atoms with Crippen LogP contribution in [0.3, 0.4) is 0 Å². The van der Waals surface area contributed by atoms with Crippen LogP contribution < -0.4 is 21.3 Å². The van der Waals surface area contributed by atoms with Crippen LogP contribution in [0.5, 0.6) is 0 Å². The second-order valence-corrected chi connectivity index (χ2v) is 11.9. The molecule has 0 bridgehead atoms. The van der Waals surface area contributed by atoms with Crippen molar-refractivity contribution in [3.8, 4) is 0 Å². The molecule has 2 aromatic rings. The van der Waals surface area contributed by atoms with Crippen molar-refractivity contribution < 1.29 is 29.4 Å². The number of nitrogens with one attached hydrogen (secondary N) is 4. The fourth-order valence-electron chi connectivity index (χ4n) is 4.57. The van der Waals surface area contributed by atoms with Gasteiger partial charge in [0, 0.05) is 24.9 Å². The Bertz CT molecular complexity index is 1200. The first-order valence-electron chi connectivity index (χ1n) is 15.3. The Morgan fingerprint density at radius 2 is 1.41 bits per heavy atom. The van der Waals surface area contributed by atoms with Gasteiger partial charge < -0.3 is 31.5 Å². The lowest BCUT2D eigenvalue weighted by Crippen LogP contribution is -2.54. The molecule has 0 saturated carbocycles. The zero-order valence-corrected chi connectivity index (χ0v) is 26.6. The van der Waals surface area contributed by atoms with Crippen LogP contribution in [-0.2, 0) is 32.1 Å². The molecule has 0 aliphatic rings. The van der Waals surface area contributed by atoms with Crippen LogP contribution in [0.4, 0.5) is 0 Å². The molecule has 1 heterocycles. The molecule has 6 N–H and O–H groups in total. The average Bonchev–Trinajstić information content (AvgIpc) is 3.01. The summed E-state index contributed by atoms with van der Waals surface area (Å²) in [5, 5.41) is 32.5. The minimum Gasteiger partial charge on any atom is -0.391 e. The van der Waals surface area contributed by atoms with Gasteiger partial charge in [0.1, 0.15) is 18.2 Å². The number of hydrogen-bond acceptors (Lipinski definition) is 7. The molecule has 7 atom stereocenters. The summed E-state index contributed by atoms with van der Waals surface area (Å²) in [6.45, 7) is 10.7. The molecule has 11 heteroatoms. The van der Waals surface area contributed by atoms with Gasteiger partial charge in [0.05, 0.1) is 12.1 Å². The Labute approximate surface area is 260 Å². The van der Waals surface area contributed by atoms with Crippen molar-refractivity contribution in [2.45, 2.75) is 97.7 Å². The van der Waals surface area contributed by atoms with Gasteiger partial charge in [-0.2, -0.15) is 0 Å². The second kappa shape index (κ2) is 18.1. The summed E-state index contributed by atoms with van der Waals surface area (Å²) in [5.74, 6) is -3.03. The van der Waals surface area contributed by atoms with Crippen LogP contribution >= 0.6 is 0 Å².